The van der Waals surface area contributed by atoms with E-state index in [0.717, 1.165) is 48.7 Å². The highest BCUT2D eigenvalue weighted by atomic mass is 32.2. The maximum Gasteiger partial charge on any atom is 0.262 e. The molecule has 0 fully saturated rings. The van der Waals surface area contributed by atoms with Crippen LogP contribution in [0.2, 0.25) is 0 Å². The molecule has 0 saturated carbocycles. The summed E-state index contributed by atoms with van der Waals surface area (Å²) in [6, 6.07) is 1.69. The number of thioether (sulfide) groups is 1. The number of halogens is 3. The summed E-state index contributed by atoms with van der Waals surface area (Å²) in [6.07, 6.45) is 2.85. The Bertz CT molecular complexity index is 1210. The van der Waals surface area contributed by atoms with E-state index in [1.165, 1.54) is 20.8 Å². The molecule has 0 bridgehead atoms. The first-order valence-corrected chi connectivity index (χ1v) is 10.6. The van der Waals surface area contributed by atoms with Crippen LogP contribution in [0.3, 0.4) is 0 Å². The molecule has 1 aromatic carbocycles. The molecule has 5 nitrogen and oxygen atoms in total. The number of carbonyl (C=O) groups excluding carboxylic acids is 1. The molecule has 1 atom stereocenters. The molecule has 0 radical (unpaired) electrons. The largest absolute Gasteiger partial charge is 0.323 e. The normalized spacial score (nSPS) is 14.2. The van der Waals surface area contributed by atoms with E-state index >= 15 is 0 Å². The fourth-order valence-corrected chi connectivity index (χ4v) is 5.46. The Kier molecular flexibility index (Phi) is 5.16. The summed E-state index contributed by atoms with van der Waals surface area (Å²) in [4.78, 5) is 31.6. The number of amides is 1. The van der Waals surface area contributed by atoms with Crippen molar-refractivity contribution >= 4 is 44.9 Å². The number of carbonyl (C=O) groups is 1. The van der Waals surface area contributed by atoms with Crippen LogP contribution in [-0.4, -0.2) is 20.7 Å². The quantitative estimate of drug-likeness (QED) is 0.379. The first-order valence-electron chi connectivity index (χ1n) is 8.90. The van der Waals surface area contributed by atoms with E-state index in [4.69, 9.17) is 0 Å². The molecular formula is C19H16F3N3O2S2. The van der Waals surface area contributed by atoms with Crippen LogP contribution in [-0.2, 0) is 24.7 Å². The van der Waals surface area contributed by atoms with Crippen molar-refractivity contribution < 1.29 is 18.0 Å². The Morgan fingerprint density at radius 1 is 1.28 bits per heavy atom. The van der Waals surface area contributed by atoms with Crippen LogP contribution >= 0.6 is 23.1 Å². The third-order valence-corrected chi connectivity index (χ3v) is 7.18. The lowest BCUT2D eigenvalue weighted by atomic mass is 10.2. The molecule has 3 aromatic rings. The van der Waals surface area contributed by atoms with Crippen LogP contribution in [0, 0.1) is 17.5 Å². The lowest BCUT2D eigenvalue weighted by Crippen LogP contribution is -2.26. The van der Waals surface area contributed by atoms with Crippen LogP contribution < -0.4 is 10.9 Å². The number of hydrogen-bond donors (Lipinski definition) is 1. The predicted octanol–water partition coefficient (Wildman–Crippen LogP) is 4.02. The van der Waals surface area contributed by atoms with E-state index in [-0.39, 0.29) is 5.56 Å². The zero-order valence-corrected chi connectivity index (χ0v) is 17.1. The zero-order chi connectivity index (χ0) is 20.9. The van der Waals surface area contributed by atoms with Gasteiger partial charge in [-0.25, -0.2) is 18.2 Å². The van der Waals surface area contributed by atoms with Gasteiger partial charge in [-0.1, -0.05) is 11.8 Å². The van der Waals surface area contributed by atoms with Gasteiger partial charge in [0.2, 0.25) is 5.91 Å². The number of nitrogens with zero attached hydrogens (tertiary/aromatic N) is 2. The van der Waals surface area contributed by atoms with Crippen LogP contribution in [0.1, 0.15) is 23.8 Å². The second-order valence-electron chi connectivity index (χ2n) is 6.77. The molecule has 1 aliphatic rings. The summed E-state index contributed by atoms with van der Waals surface area (Å²) in [7, 11) is 1.59. The molecule has 0 saturated heterocycles. The molecule has 0 spiro atoms. The van der Waals surface area contributed by atoms with Gasteiger partial charge in [-0.15, -0.1) is 11.3 Å². The third kappa shape index (κ3) is 3.44. The number of benzene rings is 1. The van der Waals surface area contributed by atoms with Gasteiger partial charge in [0.05, 0.1) is 16.3 Å². The van der Waals surface area contributed by atoms with Crippen molar-refractivity contribution in [2.75, 3.05) is 5.32 Å². The highest BCUT2D eigenvalue weighted by Gasteiger charge is 2.25. The number of thiophene rings is 1. The van der Waals surface area contributed by atoms with Gasteiger partial charge in [-0.2, -0.15) is 0 Å². The second-order valence-corrected chi connectivity index (χ2v) is 9.16. The topological polar surface area (TPSA) is 64.0 Å². The Morgan fingerprint density at radius 3 is 2.79 bits per heavy atom. The fraction of sp³-hybridized carbons (Fsp3) is 0.316. The zero-order valence-electron chi connectivity index (χ0n) is 15.5. The van der Waals surface area contributed by atoms with Crippen LogP contribution in [0.15, 0.2) is 22.1 Å². The molecule has 10 heteroatoms. The smallest absolute Gasteiger partial charge is 0.262 e. The monoisotopic (exact) mass is 439 g/mol. The van der Waals surface area contributed by atoms with Crippen LogP contribution in [0.25, 0.3) is 10.2 Å². The van der Waals surface area contributed by atoms with E-state index in [1.54, 1.807) is 14.0 Å². The van der Waals surface area contributed by atoms with Gasteiger partial charge in [0, 0.05) is 11.9 Å². The van der Waals surface area contributed by atoms with Crippen molar-refractivity contribution in [3.63, 3.8) is 0 Å². The first-order chi connectivity index (χ1) is 13.8. The van der Waals surface area contributed by atoms with Crippen LogP contribution in [0.5, 0.6) is 0 Å². The number of aryl methyl sites for hydroxylation is 2. The van der Waals surface area contributed by atoms with Crippen molar-refractivity contribution in [1.29, 1.82) is 0 Å². The number of aromatic nitrogens is 2. The highest BCUT2D eigenvalue weighted by Crippen LogP contribution is 2.36. The molecule has 2 aromatic heterocycles. The van der Waals surface area contributed by atoms with E-state index in [0.29, 0.717) is 15.4 Å². The Morgan fingerprint density at radius 2 is 2.03 bits per heavy atom. The maximum absolute atomic E-state index is 13.8. The Balaban J connectivity index is 1.58. The number of fused-ring (bicyclic) bond motifs is 3. The van der Waals surface area contributed by atoms with E-state index in [9.17, 15) is 22.8 Å². The van der Waals surface area contributed by atoms with E-state index < -0.39 is 34.3 Å². The Labute approximate surface area is 172 Å². The highest BCUT2D eigenvalue weighted by molar-refractivity contribution is 8.00. The molecule has 4 rings (SSSR count). The van der Waals surface area contributed by atoms with Gasteiger partial charge in [0.1, 0.15) is 4.83 Å². The fourth-order valence-electron chi connectivity index (χ4n) is 3.28. The maximum atomic E-state index is 13.8. The minimum Gasteiger partial charge on any atom is -0.323 e. The second kappa shape index (κ2) is 7.49. The molecule has 1 N–H and O–H groups in total. The van der Waals surface area contributed by atoms with Gasteiger partial charge in [0.15, 0.2) is 22.6 Å². The SMILES string of the molecule is CC(Sc1nc2sc3c(c2c(=O)n1C)CCC3)C(=O)Nc1ccc(F)c(F)c1F. The van der Waals surface area contributed by atoms with Crippen molar-refractivity contribution in [1.82, 2.24) is 9.55 Å². The summed E-state index contributed by atoms with van der Waals surface area (Å²) >= 11 is 2.54. The van der Waals surface area contributed by atoms with Crippen molar-refractivity contribution in [2.45, 2.75) is 36.6 Å². The summed E-state index contributed by atoms with van der Waals surface area (Å²) < 4.78 is 41.6. The van der Waals surface area contributed by atoms with Crippen molar-refractivity contribution in [2.24, 2.45) is 7.05 Å². The first kappa shape index (κ1) is 20.0. The van der Waals surface area contributed by atoms with Gasteiger partial charge in [-0.05, 0) is 43.9 Å². The van der Waals surface area contributed by atoms with Crippen LogP contribution in [0.4, 0.5) is 18.9 Å². The average Bonchev–Trinajstić information content (AvgIpc) is 3.27. The minimum absolute atomic E-state index is 0.156. The average molecular weight is 439 g/mol. The lowest BCUT2D eigenvalue weighted by Gasteiger charge is -2.14. The van der Waals surface area contributed by atoms with Gasteiger partial charge >= 0.3 is 0 Å². The lowest BCUT2D eigenvalue weighted by molar-refractivity contribution is -0.115. The number of anilines is 1. The van der Waals surface area contributed by atoms with E-state index in [2.05, 4.69) is 10.3 Å². The van der Waals surface area contributed by atoms with Gasteiger partial charge < -0.3 is 5.32 Å². The molecular weight excluding hydrogens is 423 g/mol. The molecule has 1 unspecified atom stereocenters. The summed E-state index contributed by atoms with van der Waals surface area (Å²) in [5.41, 5.74) is 0.471. The van der Waals surface area contributed by atoms with Gasteiger partial charge in [-0.3, -0.25) is 14.2 Å². The summed E-state index contributed by atoms with van der Waals surface area (Å²) in [6.45, 7) is 1.56. The van der Waals surface area contributed by atoms with Gasteiger partial charge in [0.25, 0.3) is 5.56 Å². The molecule has 0 aliphatic heterocycles. The Hall–Kier alpha value is -2.33. The molecule has 1 aliphatic carbocycles. The molecule has 29 heavy (non-hydrogen) atoms. The summed E-state index contributed by atoms with van der Waals surface area (Å²) in [5, 5.41) is 2.49. The molecule has 152 valence electrons. The number of hydrogen-bond acceptors (Lipinski definition) is 5. The molecule has 2 heterocycles. The standard InChI is InChI=1S/C19H16F3N3O2S2/c1-8(16(26)23-11-7-6-10(20)14(21)15(11)22)28-19-24-17-13(18(27)25(19)2)9-4-3-5-12(9)29-17/h6-8H,3-5H2,1-2H3,(H,23,26). The predicted molar refractivity (Wildman–Crippen MR) is 107 cm³/mol. The molecule has 1 amide bonds. The minimum atomic E-state index is -1.65. The van der Waals surface area contributed by atoms with E-state index in [1.807, 2.05) is 0 Å². The number of nitrogens with one attached hydrogen (secondary N) is 1. The summed E-state index contributed by atoms with van der Waals surface area (Å²) in [5.74, 6) is -5.07. The number of rotatable bonds is 4. The van der Waals surface area contributed by atoms with Crippen molar-refractivity contribution in [3.8, 4) is 0 Å². The third-order valence-electron chi connectivity index (χ3n) is 4.85. The van der Waals surface area contributed by atoms with Crippen molar-refractivity contribution in [3.05, 3.63) is 50.4 Å².